The molecule has 9 aromatic heterocycles. The van der Waals surface area contributed by atoms with Gasteiger partial charge in [-0.1, -0.05) is 131 Å². The molecule has 3 aliphatic rings. The Kier molecular flexibility index (Phi) is 48.8. The first-order valence-electron chi connectivity index (χ1n) is 28.4. The van der Waals surface area contributed by atoms with E-state index in [4.69, 9.17) is 0 Å². The van der Waals surface area contributed by atoms with Crippen molar-refractivity contribution in [1.29, 1.82) is 0 Å². The molecule has 1 unspecified atom stereocenters. The summed E-state index contributed by atoms with van der Waals surface area (Å²) in [6.07, 6.45) is 26.6. The smallest absolute Gasteiger partial charge is 1.00 e. The molecular formula is C73H88BrClIKN6O3S6. The third-order valence-electron chi connectivity index (χ3n) is 13.4. The summed E-state index contributed by atoms with van der Waals surface area (Å²) in [5.74, 6) is 0.0337. The van der Waals surface area contributed by atoms with Gasteiger partial charge in [-0.25, -0.2) is 0 Å². The molecular weight excluding hydrogens is 1480 g/mol. The molecule has 1 aromatic carbocycles. The minimum absolute atomic E-state index is 0. The number of nitrogens with zero attached hydrogens (tertiary/aromatic N) is 5. The second kappa shape index (κ2) is 52.2. The Balaban J connectivity index is 0.00000107. The molecule has 1 amide bonds. The number of hydrogen-bond acceptors (Lipinski definition) is 14. The SMILES string of the molecule is Brc1cccs1.C.C.C.C1=C(Cc2cccs2)CCN(Cc2ccccc2)C1.C1=C(Cc2cccs2)CCNC1.C=CC(=O)N1CC=C(Cc2cccs2)CC1.Cl.I.O=Cc1ccncc1.OC(c1ccncc1)c1cccs1.[H-].[K+].c1csc(Cc2ccncc2)c1. The third kappa shape index (κ3) is 34.6. The number of pyridine rings is 3. The van der Waals surface area contributed by atoms with Crippen LogP contribution in [-0.2, 0) is 37.0 Å². The number of halogens is 3. The van der Waals surface area contributed by atoms with Crippen molar-refractivity contribution in [3.63, 3.8) is 0 Å². The fourth-order valence-electron chi connectivity index (χ4n) is 8.81. The second-order valence-electron chi connectivity index (χ2n) is 19.6. The van der Waals surface area contributed by atoms with Gasteiger partial charge in [0.1, 0.15) is 12.4 Å². The third-order valence-corrected chi connectivity index (χ3v) is 19.3. The number of aliphatic hydroxyl groups excluding tert-OH is 1. The summed E-state index contributed by atoms with van der Waals surface area (Å²) < 4.78 is 1.20. The maximum Gasteiger partial charge on any atom is 1.00 e. The number of hydrogen-bond donors (Lipinski definition) is 2. The largest absolute Gasteiger partial charge is 1.00 e. The number of carbonyl (C=O) groups is 2. The average Bonchev–Trinajstić information content (AvgIpc) is 3.77. The molecule has 0 fully saturated rings. The van der Waals surface area contributed by atoms with Crippen molar-refractivity contribution in [3.8, 4) is 0 Å². The van der Waals surface area contributed by atoms with Crippen molar-refractivity contribution in [3.05, 3.63) is 307 Å². The number of carbonyl (C=O) groups excluding carboxylic acids is 2. The summed E-state index contributed by atoms with van der Waals surface area (Å²) >= 11 is 13.9. The Labute approximate surface area is 648 Å². The zero-order chi connectivity index (χ0) is 60.1. The average molecular weight is 1570 g/mol. The topological polar surface area (TPSA) is 112 Å². The normalized spacial score (nSPS) is 12.8. The molecule has 10 aromatic rings. The molecule has 0 spiro atoms. The van der Waals surface area contributed by atoms with Crippen molar-refractivity contribution < 1.29 is 67.5 Å². The predicted molar refractivity (Wildman–Crippen MR) is 413 cm³/mol. The van der Waals surface area contributed by atoms with Crippen molar-refractivity contribution in [2.24, 2.45) is 0 Å². The Bertz CT molecular complexity index is 3470. The second-order valence-corrected chi connectivity index (χ2v) is 27.1. The van der Waals surface area contributed by atoms with Gasteiger partial charge in [0.2, 0.25) is 5.91 Å². The van der Waals surface area contributed by atoms with Gasteiger partial charge in [0, 0.05) is 132 Å². The minimum Gasteiger partial charge on any atom is -1.00 e. The van der Waals surface area contributed by atoms with E-state index in [0.717, 1.165) is 81.7 Å². The number of nitrogens with one attached hydrogen (secondary N) is 1. The van der Waals surface area contributed by atoms with Crippen LogP contribution >= 0.6 is 120 Å². The van der Waals surface area contributed by atoms with Crippen LogP contribution in [0.5, 0.6) is 0 Å². The van der Waals surface area contributed by atoms with Gasteiger partial charge in [0.25, 0.3) is 0 Å². The molecule has 486 valence electrons. The molecule has 9 nitrogen and oxygen atoms in total. The predicted octanol–water partition coefficient (Wildman–Crippen LogP) is 17.4. The molecule has 92 heavy (non-hydrogen) atoms. The molecule has 0 bridgehead atoms. The van der Waals surface area contributed by atoms with Gasteiger partial charge >= 0.3 is 51.4 Å². The fraction of sp³-hybridized carbons (Fsp3) is 0.247. The van der Waals surface area contributed by atoms with Crippen LogP contribution in [-0.4, -0.2) is 81.3 Å². The maximum absolute atomic E-state index is 11.4. The minimum atomic E-state index is -0.511. The molecule has 13 rings (SSSR count). The molecule has 12 heterocycles. The van der Waals surface area contributed by atoms with Crippen molar-refractivity contribution in [2.45, 2.75) is 79.9 Å². The molecule has 0 radical (unpaired) electrons. The summed E-state index contributed by atoms with van der Waals surface area (Å²) in [7, 11) is 0. The molecule has 3 aliphatic heterocycles. The van der Waals surface area contributed by atoms with Crippen LogP contribution in [0.3, 0.4) is 0 Å². The Morgan fingerprint density at radius 1 is 0.576 bits per heavy atom. The Morgan fingerprint density at radius 3 is 1.46 bits per heavy atom. The van der Waals surface area contributed by atoms with E-state index in [2.05, 4.69) is 178 Å². The van der Waals surface area contributed by atoms with Crippen molar-refractivity contribution in [1.82, 2.24) is 30.1 Å². The standard InChI is InChI=1S/C17H19NS.C13H15NOS.C10H9NOS.C10H13NS.C10H9NS.C6H5NO.C4H3BrS.3CH4.ClH.HI.K.H/c1-2-5-16(6-3-1)14-18-10-8-15(9-11-18)13-17-7-4-12-19-17;1-2-13(15)14-7-5-11(6-8-14)10-12-4-3-9-16-12;12-10(9-2-1-7-13-9)8-3-5-11-6-4-8;2*1-2-10(12-7-1)8-9-3-5-11-6-4-9;8-5-6-1-3-7-4-2-6;5-4-2-1-3-6-4;;;;;;;/h1-8,12H,9-11,13-14H2;2-5,9H,1,6-8,10H2;1-7,10,12H;1-3,7,11H,4-6,8H2;1-7H,8H2;1-5H;1-3H;3*1H4;2*1H;;/q;;;;;;;;;;;;+1;-1. The Morgan fingerprint density at radius 2 is 1.05 bits per heavy atom. The molecule has 1 atom stereocenters. The number of aliphatic hydroxyl groups is 1. The van der Waals surface area contributed by atoms with E-state index in [1.165, 1.54) is 71.9 Å². The Hall–Kier alpha value is -4.01. The number of rotatable bonds is 14. The molecule has 19 heteroatoms. The van der Waals surface area contributed by atoms with Crippen LogP contribution < -0.4 is 56.7 Å². The van der Waals surface area contributed by atoms with Gasteiger partial charge < -0.3 is 16.7 Å². The summed E-state index contributed by atoms with van der Waals surface area (Å²) in [4.78, 5) is 44.1. The van der Waals surface area contributed by atoms with Gasteiger partial charge in [-0.15, -0.1) is 104 Å². The number of benzene rings is 1. The first-order chi connectivity index (χ1) is 42.3. The summed E-state index contributed by atoms with van der Waals surface area (Å²) in [5.41, 5.74) is 8.93. The van der Waals surface area contributed by atoms with E-state index in [0.29, 0.717) is 5.56 Å². The first kappa shape index (κ1) is 86.0. The van der Waals surface area contributed by atoms with Crippen LogP contribution in [0.1, 0.15) is 101 Å². The van der Waals surface area contributed by atoms with Gasteiger partial charge in [-0.2, -0.15) is 0 Å². The molecule has 2 N–H and O–H groups in total. The fourth-order valence-corrected chi connectivity index (χ4v) is 13.5. The number of aromatic nitrogens is 3. The van der Waals surface area contributed by atoms with E-state index < -0.39 is 6.10 Å². The summed E-state index contributed by atoms with van der Waals surface area (Å²) in [5, 5.41) is 25.7. The maximum atomic E-state index is 11.4. The molecule has 0 saturated heterocycles. The van der Waals surface area contributed by atoms with E-state index in [9.17, 15) is 14.7 Å². The van der Waals surface area contributed by atoms with E-state index in [1.807, 2.05) is 87.1 Å². The monoisotopic (exact) mass is 1570 g/mol. The van der Waals surface area contributed by atoms with Crippen LogP contribution in [0.4, 0.5) is 0 Å². The van der Waals surface area contributed by atoms with Gasteiger partial charge in [0.05, 0.1) is 3.79 Å². The zero-order valence-corrected chi connectivity index (χ0v) is 62.7. The van der Waals surface area contributed by atoms with Gasteiger partial charge in [-0.3, -0.25) is 29.4 Å². The number of amides is 1. The van der Waals surface area contributed by atoms with Crippen molar-refractivity contribution in [2.75, 3.05) is 39.3 Å². The number of aldehydes is 1. The van der Waals surface area contributed by atoms with Crippen LogP contribution in [0.25, 0.3) is 0 Å². The molecule has 0 saturated carbocycles. The van der Waals surface area contributed by atoms with Crippen LogP contribution in [0.2, 0.25) is 0 Å². The van der Waals surface area contributed by atoms with Gasteiger partial charge in [-0.05, 0) is 170 Å². The zero-order valence-electron chi connectivity index (χ0n) is 50.9. The summed E-state index contributed by atoms with van der Waals surface area (Å²) in [6, 6.07) is 46.9. The van der Waals surface area contributed by atoms with Crippen LogP contribution in [0.15, 0.2) is 260 Å². The van der Waals surface area contributed by atoms with E-state index in [-0.39, 0.29) is 117 Å². The van der Waals surface area contributed by atoms with Gasteiger partial charge in [0.15, 0.2) is 0 Å². The number of thiophene rings is 6. The first-order valence-corrected chi connectivity index (χ1v) is 34.4. The van der Waals surface area contributed by atoms with Crippen molar-refractivity contribution >= 4 is 133 Å². The summed E-state index contributed by atoms with van der Waals surface area (Å²) in [6.45, 7) is 10.6. The molecule has 0 aliphatic carbocycles. The quantitative estimate of drug-likeness (QED) is 0.0364. The van der Waals surface area contributed by atoms with Crippen LogP contribution in [0, 0.1) is 0 Å². The van der Waals surface area contributed by atoms with E-state index in [1.54, 1.807) is 93.4 Å². The van der Waals surface area contributed by atoms with E-state index >= 15 is 0 Å².